The van der Waals surface area contributed by atoms with E-state index in [0.717, 1.165) is 0 Å². The minimum Gasteiger partial charge on any atom is -0.480 e. The largest absolute Gasteiger partial charge is 0.480 e. The number of furan rings is 1. The Kier molecular flexibility index (Phi) is 5.69. The molecule has 72 valence electrons. The highest BCUT2D eigenvalue weighted by molar-refractivity contribution is 5.79. The topological polar surface area (TPSA) is 112 Å². The minimum absolute atomic E-state index is 0.296. The monoisotopic (exact) mass is 185 g/mol. The van der Waals surface area contributed by atoms with Gasteiger partial charge in [-0.05, 0) is 12.1 Å². The lowest BCUT2D eigenvalue weighted by molar-refractivity contribution is -0.135. The molecule has 6 heteroatoms. The van der Waals surface area contributed by atoms with Gasteiger partial charge in [0.15, 0.2) is 5.96 Å². The molecular formula is C7H11N3O3. The minimum atomic E-state index is -1.03. The quantitative estimate of drug-likeness (QED) is 0.377. The summed E-state index contributed by atoms with van der Waals surface area (Å²) < 4.78 is 4.58. The predicted octanol–water partition coefficient (Wildman–Crippen LogP) is -0.166. The van der Waals surface area contributed by atoms with Crippen molar-refractivity contribution >= 4 is 11.9 Å². The van der Waals surface area contributed by atoms with Crippen LogP contribution in [0.25, 0.3) is 0 Å². The molecule has 0 bridgehead atoms. The van der Waals surface area contributed by atoms with Crippen LogP contribution in [0, 0.1) is 5.41 Å². The summed E-state index contributed by atoms with van der Waals surface area (Å²) >= 11 is 0. The number of guanidine groups is 1. The van der Waals surface area contributed by atoms with Gasteiger partial charge in [-0.15, -0.1) is 0 Å². The molecule has 5 N–H and O–H groups in total. The van der Waals surface area contributed by atoms with Crippen molar-refractivity contribution < 1.29 is 14.3 Å². The lowest BCUT2D eigenvalue weighted by Gasteiger charge is -1.95. The molecule has 0 aliphatic rings. The summed E-state index contributed by atoms with van der Waals surface area (Å²) in [6.45, 7) is -0.296. The van der Waals surface area contributed by atoms with Gasteiger partial charge in [0.1, 0.15) is 6.54 Å². The van der Waals surface area contributed by atoms with Gasteiger partial charge in [-0.3, -0.25) is 10.2 Å². The lowest BCUT2D eigenvalue weighted by atomic mass is 10.6. The van der Waals surface area contributed by atoms with Gasteiger partial charge in [-0.1, -0.05) is 0 Å². The summed E-state index contributed by atoms with van der Waals surface area (Å²) in [6.07, 6.45) is 3.25. The van der Waals surface area contributed by atoms with Gasteiger partial charge in [0.25, 0.3) is 0 Å². The second-order valence-corrected chi connectivity index (χ2v) is 1.95. The van der Waals surface area contributed by atoms with E-state index in [-0.39, 0.29) is 12.5 Å². The number of rotatable bonds is 2. The molecule has 1 aromatic rings. The number of aliphatic carboxylic acids is 1. The molecule has 0 saturated carbocycles. The Morgan fingerprint density at radius 1 is 1.54 bits per heavy atom. The number of carboxylic acids is 1. The molecule has 0 atom stereocenters. The molecule has 0 amide bonds. The first-order chi connectivity index (χ1) is 6.13. The van der Waals surface area contributed by atoms with Crippen molar-refractivity contribution in [3.05, 3.63) is 24.7 Å². The summed E-state index contributed by atoms with van der Waals surface area (Å²) in [7, 11) is 0. The van der Waals surface area contributed by atoms with Crippen LogP contribution < -0.4 is 11.1 Å². The van der Waals surface area contributed by atoms with Crippen LogP contribution in [-0.2, 0) is 4.79 Å². The van der Waals surface area contributed by atoms with Gasteiger partial charge < -0.3 is 20.6 Å². The molecule has 1 heterocycles. The van der Waals surface area contributed by atoms with Gasteiger partial charge in [-0.25, -0.2) is 0 Å². The Hall–Kier alpha value is -1.98. The zero-order valence-electron chi connectivity index (χ0n) is 6.86. The maximum atomic E-state index is 9.69. The third-order valence-corrected chi connectivity index (χ3v) is 0.855. The van der Waals surface area contributed by atoms with Crippen LogP contribution in [0.3, 0.4) is 0 Å². The van der Waals surface area contributed by atoms with Gasteiger partial charge in [0.2, 0.25) is 0 Å². The molecule has 0 aliphatic carbocycles. The van der Waals surface area contributed by atoms with Crippen molar-refractivity contribution in [1.82, 2.24) is 5.32 Å². The van der Waals surface area contributed by atoms with E-state index in [4.69, 9.17) is 16.2 Å². The molecule has 0 radical (unpaired) electrons. The maximum absolute atomic E-state index is 9.69. The Balaban J connectivity index is 0.000000243. The molecule has 0 aromatic carbocycles. The fourth-order valence-electron chi connectivity index (χ4n) is 0.398. The highest BCUT2D eigenvalue weighted by Gasteiger charge is 1.92. The number of carbonyl (C=O) groups is 1. The van der Waals surface area contributed by atoms with Crippen LogP contribution in [0.4, 0.5) is 0 Å². The zero-order chi connectivity index (χ0) is 10.1. The predicted molar refractivity (Wildman–Crippen MR) is 46.3 cm³/mol. The van der Waals surface area contributed by atoms with E-state index in [0.29, 0.717) is 0 Å². The van der Waals surface area contributed by atoms with Crippen molar-refractivity contribution in [2.45, 2.75) is 0 Å². The van der Waals surface area contributed by atoms with Crippen LogP contribution >= 0.6 is 0 Å². The van der Waals surface area contributed by atoms with E-state index in [1.807, 2.05) is 12.1 Å². The van der Waals surface area contributed by atoms with Gasteiger partial charge in [-0.2, -0.15) is 0 Å². The third kappa shape index (κ3) is 10.0. The van der Waals surface area contributed by atoms with Crippen LogP contribution in [0.5, 0.6) is 0 Å². The Morgan fingerprint density at radius 3 is 2.23 bits per heavy atom. The molecular weight excluding hydrogens is 174 g/mol. The average molecular weight is 185 g/mol. The number of nitrogens with one attached hydrogen (secondary N) is 2. The summed E-state index contributed by atoms with van der Waals surface area (Å²) in [5.41, 5.74) is 4.75. The van der Waals surface area contributed by atoms with E-state index < -0.39 is 5.97 Å². The van der Waals surface area contributed by atoms with Crippen molar-refractivity contribution in [2.75, 3.05) is 6.54 Å². The van der Waals surface area contributed by atoms with Crippen LogP contribution in [0.1, 0.15) is 0 Å². The first-order valence-electron chi connectivity index (χ1n) is 3.39. The molecule has 0 aliphatic heterocycles. The second-order valence-electron chi connectivity index (χ2n) is 1.95. The van der Waals surface area contributed by atoms with Crippen molar-refractivity contribution in [3.63, 3.8) is 0 Å². The average Bonchev–Trinajstić information content (AvgIpc) is 2.57. The Morgan fingerprint density at radius 2 is 2.08 bits per heavy atom. The molecule has 0 unspecified atom stereocenters. The molecule has 1 aromatic heterocycles. The van der Waals surface area contributed by atoms with Crippen LogP contribution in [0.15, 0.2) is 29.1 Å². The molecule has 0 spiro atoms. The lowest BCUT2D eigenvalue weighted by Crippen LogP contribution is -2.34. The maximum Gasteiger partial charge on any atom is 0.322 e. The summed E-state index contributed by atoms with van der Waals surface area (Å²) in [6, 6.07) is 3.67. The molecule has 0 saturated heterocycles. The summed E-state index contributed by atoms with van der Waals surface area (Å²) in [5.74, 6) is -1.35. The molecule has 6 nitrogen and oxygen atoms in total. The highest BCUT2D eigenvalue weighted by Crippen LogP contribution is 1.79. The van der Waals surface area contributed by atoms with E-state index >= 15 is 0 Å². The van der Waals surface area contributed by atoms with E-state index in [1.165, 1.54) is 0 Å². The summed E-state index contributed by atoms with van der Waals surface area (Å²) in [5, 5.41) is 16.5. The number of hydrogen-bond donors (Lipinski definition) is 4. The smallest absolute Gasteiger partial charge is 0.322 e. The number of nitrogens with two attached hydrogens (primary N) is 1. The van der Waals surface area contributed by atoms with Crippen LogP contribution in [-0.4, -0.2) is 23.6 Å². The normalized spacial score (nSPS) is 8.00. The fourth-order valence-corrected chi connectivity index (χ4v) is 0.398. The molecule has 0 fully saturated rings. The number of hydrogen-bond acceptors (Lipinski definition) is 3. The SMILES string of the molecule is N=C(N)NCC(=O)O.c1ccoc1. The van der Waals surface area contributed by atoms with Gasteiger partial charge in [0, 0.05) is 0 Å². The van der Waals surface area contributed by atoms with Crippen molar-refractivity contribution in [3.8, 4) is 0 Å². The molecule has 1 rings (SSSR count). The Labute approximate surface area is 74.9 Å². The highest BCUT2D eigenvalue weighted by atomic mass is 16.4. The van der Waals surface area contributed by atoms with Gasteiger partial charge in [0.05, 0.1) is 12.5 Å². The number of carboxylic acid groups (broad SMARTS) is 1. The second kappa shape index (κ2) is 6.71. The van der Waals surface area contributed by atoms with E-state index in [9.17, 15) is 4.79 Å². The standard InChI is InChI=1S/C4H4O.C3H7N3O2/c1-2-4-5-3-1;4-3(5)6-1-2(7)8/h1-4H;1H2,(H,7,8)(H4,4,5,6). The molecule has 13 heavy (non-hydrogen) atoms. The van der Waals surface area contributed by atoms with E-state index in [1.54, 1.807) is 12.5 Å². The summed E-state index contributed by atoms with van der Waals surface area (Å²) in [4.78, 5) is 9.69. The van der Waals surface area contributed by atoms with Crippen molar-refractivity contribution in [2.24, 2.45) is 5.73 Å². The zero-order valence-corrected chi connectivity index (χ0v) is 6.86. The first kappa shape index (κ1) is 11.0. The van der Waals surface area contributed by atoms with Crippen molar-refractivity contribution in [1.29, 1.82) is 5.41 Å². The fraction of sp³-hybridized carbons (Fsp3) is 0.143. The van der Waals surface area contributed by atoms with Gasteiger partial charge >= 0.3 is 5.97 Å². The van der Waals surface area contributed by atoms with E-state index in [2.05, 4.69) is 9.73 Å². The van der Waals surface area contributed by atoms with Crippen LogP contribution in [0.2, 0.25) is 0 Å². The Bertz CT molecular complexity index is 214. The third-order valence-electron chi connectivity index (χ3n) is 0.855. The first-order valence-corrected chi connectivity index (χ1v) is 3.39.